The van der Waals surface area contributed by atoms with Crippen LogP contribution in [0.2, 0.25) is 0 Å². The van der Waals surface area contributed by atoms with Crippen LogP contribution in [0.3, 0.4) is 0 Å². The highest BCUT2D eigenvalue weighted by molar-refractivity contribution is 5.36. The summed E-state index contributed by atoms with van der Waals surface area (Å²) in [6, 6.07) is 11.5. The molecule has 1 aromatic heterocycles. The zero-order chi connectivity index (χ0) is 11.9. The van der Waals surface area contributed by atoms with Gasteiger partial charge in [-0.15, -0.1) is 0 Å². The van der Waals surface area contributed by atoms with E-state index in [9.17, 15) is 5.11 Å². The Hall–Kier alpha value is -1.94. The Labute approximate surface area is 99.8 Å². The van der Waals surface area contributed by atoms with Crippen molar-refractivity contribution in [2.45, 2.75) is 12.3 Å². The fourth-order valence-electron chi connectivity index (χ4n) is 2.29. The second-order valence-electron chi connectivity index (χ2n) is 4.29. The van der Waals surface area contributed by atoms with E-state index in [0.29, 0.717) is 6.54 Å². The number of rotatable bonds is 1. The molecule has 4 nitrogen and oxygen atoms in total. The van der Waals surface area contributed by atoms with Crippen LogP contribution in [0.1, 0.15) is 5.56 Å². The van der Waals surface area contributed by atoms with E-state index in [-0.39, 0.29) is 0 Å². The van der Waals surface area contributed by atoms with Crippen molar-refractivity contribution < 1.29 is 9.67 Å². The van der Waals surface area contributed by atoms with E-state index in [2.05, 4.69) is 4.98 Å². The highest BCUT2D eigenvalue weighted by Crippen LogP contribution is 2.31. The Morgan fingerprint density at radius 2 is 2.06 bits per heavy atom. The van der Waals surface area contributed by atoms with E-state index >= 15 is 0 Å². The molecule has 1 N–H and O–H groups in total. The molecule has 0 aliphatic carbocycles. The van der Waals surface area contributed by atoms with Crippen LogP contribution in [0.15, 0.2) is 48.8 Å². The molecule has 1 aliphatic rings. The van der Waals surface area contributed by atoms with Crippen LogP contribution in [0.25, 0.3) is 0 Å². The van der Waals surface area contributed by atoms with E-state index in [1.807, 2.05) is 59.1 Å². The molecule has 0 fully saturated rings. The minimum absolute atomic E-state index is 0.497. The normalized spacial score (nSPS) is 22.6. The average molecular weight is 228 g/mol. The molecule has 0 radical (unpaired) electrons. The van der Waals surface area contributed by atoms with Crippen molar-refractivity contribution >= 4 is 5.95 Å². The molecule has 3 rings (SSSR count). The Kier molecular flexibility index (Phi) is 2.12. The molecule has 1 aromatic carbocycles. The van der Waals surface area contributed by atoms with Gasteiger partial charge < -0.3 is 5.11 Å². The zero-order valence-corrected chi connectivity index (χ0v) is 9.61. The van der Waals surface area contributed by atoms with Gasteiger partial charge in [0.2, 0.25) is 5.72 Å². The van der Waals surface area contributed by atoms with Gasteiger partial charge in [0, 0.05) is 11.6 Å². The van der Waals surface area contributed by atoms with Crippen molar-refractivity contribution in [1.29, 1.82) is 0 Å². The summed E-state index contributed by atoms with van der Waals surface area (Å²) in [5.74, 6) is 0.777. The third-order valence-corrected chi connectivity index (χ3v) is 3.28. The molecule has 0 saturated heterocycles. The molecule has 0 bridgehead atoms. The molecule has 86 valence electrons. The number of benzene rings is 1. The van der Waals surface area contributed by atoms with Crippen LogP contribution in [-0.2, 0) is 12.3 Å². The van der Waals surface area contributed by atoms with Crippen molar-refractivity contribution in [3.05, 3.63) is 54.4 Å². The minimum atomic E-state index is -1.01. The summed E-state index contributed by atoms with van der Waals surface area (Å²) in [7, 11) is 1.86. The van der Waals surface area contributed by atoms with Gasteiger partial charge >= 0.3 is 5.95 Å². The standard InChI is InChI=1S/C13H14N3O/c1-15-12-14-8-5-9-16(12)10-13(15,17)11-6-3-2-4-7-11/h2-9,17H,10H2,1H3/q+1/t13-/m1/s1. The predicted octanol–water partition coefficient (Wildman–Crippen LogP) is 0.664. The van der Waals surface area contributed by atoms with Gasteiger partial charge in [0.25, 0.3) is 0 Å². The second-order valence-corrected chi connectivity index (χ2v) is 4.29. The van der Waals surface area contributed by atoms with Gasteiger partial charge in [-0.2, -0.15) is 0 Å². The van der Waals surface area contributed by atoms with Crippen molar-refractivity contribution in [2.24, 2.45) is 0 Å². The Bertz CT molecular complexity index is 543. The van der Waals surface area contributed by atoms with Gasteiger partial charge in [0.05, 0.1) is 13.2 Å². The number of nitrogens with zero attached hydrogens (tertiary/aromatic N) is 3. The Morgan fingerprint density at radius 1 is 1.29 bits per heavy atom. The highest BCUT2D eigenvalue weighted by Gasteiger charge is 2.49. The molecular weight excluding hydrogens is 214 g/mol. The number of aliphatic hydroxyl groups is 1. The van der Waals surface area contributed by atoms with Gasteiger partial charge in [-0.1, -0.05) is 35.3 Å². The smallest absolute Gasteiger partial charge is 0.353 e. The summed E-state index contributed by atoms with van der Waals surface area (Å²) in [5, 5.41) is 10.8. The van der Waals surface area contributed by atoms with Crippen LogP contribution in [0.5, 0.6) is 0 Å². The molecule has 0 spiro atoms. The fourth-order valence-corrected chi connectivity index (χ4v) is 2.29. The van der Waals surface area contributed by atoms with E-state index in [1.165, 1.54) is 0 Å². The van der Waals surface area contributed by atoms with Gasteiger partial charge in [-0.3, -0.25) is 0 Å². The molecule has 0 amide bonds. The number of anilines is 1. The highest BCUT2D eigenvalue weighted by atomic mass is 16.3. The Morgan fingerprint density at radius 3 is 2.76 bits per heavy atom. The molecule has 4 heteroatoms. The van der Waals surface area contributed by atoms with Gasteiger partial charge in [-0.05, 0) is 0 Å². The third-order valence-electron chi connectivity index (χ3n) is 3.28. The lowest BCUT2D eigenvalue weighted by atomic mass is 10.0. The lowest BCUT2D eigenvalue weighted by Gasteiger charge is -2.25. The summed E-state index contributed by atoms with van der Waals surface area (Å²) in [6.45, 7) is 0.497. The summed E-state index contributed by atoms with van der Waals surface area (Å²) >= 11 is 0. The first kappa shape index (κ1) is 10.2. The van der Waals surface area contributed by atoms with Crippen LogP contribution in [0, 0.1) is 0 Å². The molecular formula is C13H14N3O+. The van der Waals surface area contributed by atoms with Crippen molar-refractivity contribution in [1.82, 2.24) is 4.98 Å². The monoisotopic (exact) mass is 228 g/mol. The van der Waals surface area contributed by atoms with E-state index in [0.717, 1.165) is 11.5 Å². The second kappa shape index (κ2) is 3.53. The molecule has 2 aromatic rings. The van der Waals surface area contributed by atoms with E-state index in [1.54, 1.807) is 6.20 Å². The average Bonchev–Trinajstić information content (AvgIpc) is 2.65. The molecule has 1 aliphatic heterocycles. The maximum Gasteiger partial charge on any atom is 0.396 e. The topological polar surface area (TPSA) is 40.2 Å². The first-order valence-corrected chi connectivity index (χ1v) is 5.58. The van der Waals surface area contributed by atoms with Gasteiger partial charge in [0.1, 0.15) is 12.7 Å². The lowest BCUT2D eigenvalue weighted by molar-refractivity contribution is -0.685. The summed E-state index contributed by atoms with van der Waals surface area (Å²) in [6.07, 6.45) is 3.67. The van der Waals surface area contributed by atoms with Crippen LogP contribution in [-0.4, -0.2) is 17.1 Å². The van der Waals surface area contributed by atoms with Gasteiger partial charge in [-0.25, -0.2) is 9.47 Å². The van der Waals surface area contributed by atoms with E-state index < -0.39 is 5.72 Å². The molecule has 0 saturated carbocycles. The van der Waals surface area contributed by atoms with Crippen molar-refractivity contribution in [3.63, 3.8) is 0 Å². The van der Waals surface area contributed by atoms with Gasteiger partial charge in [0.15, 0.2) is 0 Å². The summed E-state index contributed by atoms with van der Waals surface area (Å²) in [4.78, 5) is 6.10. The largest absolute Gasteiger partial charge is 0.396 e. The van der Waals surface area contributed by atoms with Crippen LogP contribution >= 0.6 is 0 Å². The number of aromatic nitrogens is 2. The maximum atomic E-state index is 10.8. The fraction of sp³-hybridized carbons (Fsp3) is 0.231. The maximum absolute atomic E-state index is 10.8. The summed E-state index contributed by atoms with van der Waals surface area (Å²) < 4.78 is 1.95. The summed E-state index contributed by atoms with van der Waals surface area (Å²) in [5.41, 5.74) is -0.129. The first-order chi connectivity index (χ1) is 8.22. The predicted molar refractivity (Wildman–Crippen MR) is 63.2 cm³/mol. The van der Waals surface area contributed by atoms with Crippen LogP contribution < -0.4 is 9.47 Å². The number of fused-ring (bicyclic) bond motifs is 1. The van der Waals surface area contributed by atoms with Crippen molar-refractivity contribution in [3.8, 4) is 0 Å². The number of likely N-dealkylation sites (N-methyl/N-ethyl adjacent to an activating group) is 1. The first-order valence-electron chi connectivity index (χ1n) is 5.58. The molecule has 2 heterocycles. The molecule has 0 unspecified atom stereocenters. The molecule has 1 atom stereocenters. The van der Waals surface area contributed by atoms with Crippen LogP contribution in [0.4, 0.5) is 5.95 Å². The Balaban J connectivity index is 2.09. The van der Waals surface area contributed by atoms with Crippen molar-refractivity contribution in [2.75, 3.05) is 11.9 Å². The SMILES string of the molecule is CN1c2nccc[n+]2C[C@@]1(O)c1ccccc1. The zero-order valence-electron chi connectivity index (χ0n) is 9.61. The van der Waals surface area contributed by atoms with E-state index in [4.69, 9.17) is 0 Å². The molecule has 17 heavy (non-hydrogen) atoms. The number of hydrogen-bond acceptors (Lipinski definition) is 3. The third kappa shape index (κ3) is 1.41. The lowest BCUT2D eigenvalue weighted by Crippen LogP contribution is -2.43. The quantitative estimate of drug-likeness (QED) is 0.729. The number of hydrogen-bond donors (Lipinski definition) is 1. The minimum Gasteiger partial charge on any atom is -0.353 e.